The Labute approximate surface area is 211 Å². The topological polar surface area (TPSA) is 75.0 Å². The molecule has 0 saturated heterocycles. The van der Waals surface area contributed by atoms with Gasteiger partial charge in [0.05, 0.1) is 26.5 Å². The van der Waals surface area contributed by atoms with Crippen molar-refractivity contribution in [1.29, 1.82) is 0 Å². The summed E-state index contributed by atoms with van der Waals surface area (Å²) in [7, 11) is 5.09. The molecule has 4 aromatic rings. The molecule has 1 heterocycles. The molecule has 0 unspecified atom stereocenters. The predicted molar refractivity (Wildman–Crippen MR) is 140 cm³/mol. The fourth-order valence-electron chi connectivity index (χ4n) is 4.13. The fourth-order valence-corrected chi connectivity index (χ4v) is 4.13. The van der Waals surface area contributed by atoms with Gasteiger partial charge in [0.2, 0.25) is 5.91 Å². The number of benzene rings is 3. The van der Waals surface area contributed by atoms with Gasteiger partial charge in [0, 0.05) is 32.7 Å². The molecule has 36 heavy (non-hydrogen) atoms. The molecule has 0 aliphatic rings. The normalized spacial score (nSPS) is 11.0. The highest BCUT2D eigenvalue weighted by molar-refractivity contribution is 5.94. The van der Waals surface area contributed by atoms with Crippen molar-refractivity contribution in [2.75, 3.05) is 27.7 Å². The second-order valence-corrected chi connectivity index (χ2v) is 8.80. The molecule has 4 rings (SSSR count). The predicted octanol–water partition coefficient (Wildman–Crippen LogP) is 4.46. The molecule has 7 heteroatoms. The molecule has 0 radical (unpaired) electrons. The highest BCUT2D eigenvalue weighted by Crippen LogP contribution is 2.22. The van der Waals surface area contributed by atoms with Crippen LogP contribution in [0.15, 0.2) is 83.5 Å². The summed E-state index contributed by atoms with van der Waals surface area (Å²) < 4.78 is 10.8. The van der Waals surface area contributed by atoms with E-state index < -0.39 is 0 Å². The number of hydrogen-bond acceptors (Lipinski definition) is 5. The van der Waals surface area contributed by atoms with Crippen molar-refractivity contribution in [3.05, 3.63) is 102 Å². The molecular formula is C29H31N3O4. The van der Waals surface area contributed by atoms with E-state index in [1.807, 2.05) is 60.5 Å². The smallest absolute Gasteiger partial charge is 0.251 e. The van der Waals surface area contributed by atoms with Gasteiger partial charge < -0.3 is 19.4 Å². The Morgan fingerprint density at radius 3 is 2.31 bits per heavy atom. The van der Waals surface area contributed by atoms with Crippen LogP contribution in [0.1, 0.15) is 27.2 Å². The molecule has 7 nitrogen and oxygen atoms in total. The Balaban J connectivity index is 1.43. The number of rotatable bonds is 10. The van der Waals surface area contributed by atoms with Crippen LogP contribution in [0.5, 0.6) is 5.75 Å². The lowest BCUT2D eigenvalue weighted by molar-refractivity contribution is -0.132. The number of nitrogens with zero attached hydrogens (tertiary/aromatic N) is 2. The van der Waals surface area contributed by atoms with Gasteiger partial charge in [0.25, 0.3) is 5.91 Å². The Bertz CT molecular complexity index is 1320. The lowest BCUT2D eigenvalue weighted by Gasteiger charge is -2.25. The quantitative estimate of drug-likeness (QED) is 0.359. The monoisotopic (exact) mass is 485 g/mol. The van der Waals surface area contributed by atoms with Gasteiger partial charge >= 0.3 is 0 Å². The lowest BCUT2D eigenvalue weighted by Crippen LogP contribution is -2.37. The summed E-state index contributed by atoms with van der Waals surface area (Å²) in [5.74, 6) is 1.50. The third-order valence-electron chi connectivity index (χ3n) is 6.13. The van der Waals surface area contributed by atoms with Gasteiger partial charge in [-0.25, -0.2) is 0 Å². The van der Waals surface area contributed by atoms with Crippen molar-refractivity contribution in [2.24, 2.45) is 0 Å². The van der Waals surface area contributed by atoms with E-state index in [9.17, 15) is 9.59 Å². The van der Waals surface area contributed by atoms with Crippen molar-refractivity contribution in [3.8, 4) is 5.75 Å². The highest BCUT2D eigenvalue weighted by atomic mass is 16.5. The summed E-state index contributed by atoms with van der Waals surface area (Å²) in [5, 5.41) is 4.83. The summed E-state index contributed by atoms with van der Waals surface area (Å²) in [6.07, 6.45) is 1.63. The average Bonchev–Trinajstić information content (AvgIpc) is 3.41. The van der Waals surface area contributed by atoms with E-state index in [1.54, 1.807) is 37.5 Å². The van der Waals surface area contributed by atoms with Crippen molar-refractivity contribution >= 4 is 22.6 Å². The summed E-state index contributed by atoms with van der Waals surface area (Å²) in [6.45, 7) is 1.79. The van der Waals surface area contributed by atoms with Gasteiger partial charge in [0.15, 0.2) is 0 Å². The Hall–Kier alpha value is -4.10. The molecule has 0 fully saturated rings. The van der Waals surface area contributed by atoms with Crippen LogP contribution in [0.2, 0.25) is 0 Å². The van der Waals surface area contributed by atoms with Gasteiger partial charge in [-0.05, 0) is 64.4 Å². The first-order valence-corrected chi connectivity index (χ1v) is 11.8. The number of likely N-dealkylation sites (N-methyl/N-ethyl adjacent to an activating group) is 1. The van der Waals surface area contributed by atoms with Crippen LogP contribution in [-0.4, -0.2) is 49.4 Å². The van der Waals surface area contributed by atoms with E-state index in [1.165, 1.54) is 0 Å². The summed E-state index contributed by atoms with van der Waals surface area (Å²) in [6, 6.07) is 23.3. The van der Waals surface area contributed by atoms with Crippen LogP contribution in [0.4, 0.5) is 0 Å². The van der Waals surface area contributed by atoms with Gasteiger partial charge in [-0.1, -0.05) is 30.3 Å². The minimum absolute atomic E-state index is 0.0124. The van der Waals surface area contributed by atoms with E-state index >= 15 is 0 Å². The number of fused-ring (bicyclic) bond motifs is 1. The second kappa shape index (κ2) is 11.6. The van der Waals surface area contributed by atoms with Crippen LogP contribution in [0, 0.1) is 0 Å². The Kier molecular flexibility index (Phi) is 8.02. The van der Waals surface area contributed by atoms with Crippen molar-refractivity contribution in [1.82, 2.24) is 15.1 Å². The van der Waals surface area contributed by atoms with Crippen molar-refractivity contribution < 1.29 is 18.7 Å². The van der Waals surface area contributed by atoms with Crippen LogP contribution < -0.4 is 10.1 Å². The van der Waals surface area contributed by atoms with Crippen LogP contribution in [-0.2, 0) is 24.4 Å². The van der Waals surface area contributed by atoms with E-state index in [0.717, 1.165) is 33.4 Å². The van der Waals surface area contributed by atoms with Gasteiger partial charge in [-0.15, -0.1) is 0 Å². The first kappa shape index (κ1) is 25.0. The van der Waals surface area contributed by atoms with E-state index in [0.29, 0.717) is 25.2 Å². The maximum absolute atomic E-state index is 13.2. The molecular weight excluding hydrogens is 454 g/mol. The zero-order valence-corrected chi connectivity index (χ0v) is 20.9. The number of carbonyl (C=O) groups is 2. The first-order valence-electron chi connectivity index (χ1n) is 11.8. The standard InChI is InChI=1S/C29H31N3O4/c1-30-29(34)23-9-6-21(7-10-23)18-32(19-27-5-4-14-36-27)20-28(33)31(2)17-22-8-11-25-16-26(35-3)13-12-24(25)15-22/h4-16H,17-20H2,1-3H3,(H,30,34). The van der Waals surface area contributed by atoms with E-state index in [-0.39, 0.29) is 18.4 Å². The molecule has 3 aromatic carbocycles. The number of carbonyl (C=O) groups excluding carboxylic acids is 2. The molecule has 186 valence electrons. The van der Waals surface area contributed by atoms with Crippen LogP contribution in [0.25, 0.3) is 10.8 Å². The number of amides is 2. The second-order valence-electron chi connectivity index (χ2n) is 8.80. The molecule has 0 atom stereocenters. The minimum Gasteiger partial charge on any atom is -0.497 e. The number of furan rings is 1. The molecule has 2 amide bonds. The maximum atomic E-state index is 13.2. The summed E-state index contributed by atoms with van der Waals surface area (Å²) >= 11 is 0. The fraction of sp³-hybridized carbons (Fsp3) is 0.241. The van der Waals surface area contributed by atoms with Gasteiger partial charge in [0.1, 0.15) is 11.5 Å². The molecule has 1 N–H and O–H groups in total. The average molecular weight is 486 g/mol. The molecule has 1 aromatic heterocycles. The maximum Gasteiger partial charge on any atom is 0.251 e. The van der Waals surface area contributed by atoms with Crippen LogP contribution >= 0.6 is 0 Å². The lowest BCUT2D eigenvalue weighted by atomic mass is 10.1. The first-order chi connectivity index (χ1) is 17.4. The van der Waals surface area contributed by atoms with Gasteiger partial charge in [-0.3, -0.25) is 14.5 Å². The minimum atomic E-state index is -0.126. The Morgan fingerprint density at radius 1 is 0.889 bits per heavy atom. The van der Waals surface area contributed by atoms with Crippen molar-refractivity contribution in [3.63, 3.8) is 0 Å². The van der Waals surface area contributed by atoms with E-state index in [4.69, 9.17) is 9.15 Å². The number of methoxy groups -OCH3 is 1. The SMILES string of the molecule is CNC(=O)c1ccc(CN(CC(=O)N(C)Cc2ccc3cc(OC)ccc3c2)Cc2ccco2)cc1. The molecule has 0 spiro atoms. The molecule has 0 aliphatic carbocycles. The Morgan fingerprint density at radius 2 is 1.61 bits per heavy atom. The van der Waals surface area contributed by atoms with Crippen LogP contribution in [0.3, 0.4) is 0 Å². The van der Waals surface area contributed by atoms with Crippen molar-refractivity contribution in [2.45, 2.75) is 19.6 Å². The summed E-state index contributed by atoms with van der Waals surface area (Å²) in [4.78, 5) is 28.8. The third-order valence-corrected chi connectivity index (χ3v) is 6.13. The zero-order valence-electron chi connectivity index (χ0n) is 20.9. The number of nitrogens with one attached hydrogen (secondary N) is 1. The third kappa shape index (κ3) is 6.31. The summed E-state index contributed by atoms with van der Waals surface area (Å²) in [5.41, 5.74) is 2.67. The number of ether oxygens (including phenoxy) is 1. The molecule has 0 bridgehead atoms. The molecule has 0 saturated carbocycles. The van der Waals surface area contributed by atoms with Gasteiger partial charge in [-0.2, -0.15) is 0 Å². The highest BCUT2D eigenvalue weighted by Gasteiger charge is 2.17. The number of hydrogen-bond donors (Lipinski definition) is 1. The largest absolute Gasteiger partial charge is 0.497 e. The van der Waals surface area contributed by atoms with E-state index in [2.05, 4.69) is 17.4 Å². The zero-order chi connectivity index (χ0) is 25.5. The molecule has 0 aliphatic heterocycles.